The molecule has 2 aliphatic heterocycles. The monoisotopic (exact) mass is 295 g/mol. The van der Waals surface area contributed by atoms with E-state index in [9.17, 15) is 4.79 Å². The minimum Gasteiger partial charge on any atom is -0.379 e. The minimum atomic E-state index is 0.196. The van der Waals surface area contributed by atoms with Crippen molar-refractivity contribution in [3.05, 3.63) is 0 Å². The number of nitrogens with zero attached hydrogens (tertiary/aromatic N) is 2. The number of likely N-dealkylation sites (tertiary alicyclic amines) is 1. The Morgan fingerprint density at radius 3 is 2.67 bits per heavy atom. The van der Waals surface area contributed by atoms with Crippen molar-refractivity contribution in [1.29, 1.82) is 0 Å². The second kappa shape index (κ2) is 7.07. The van der Waals surface area contributed by atoms with E-state index in [1.807, 2.05) is 0 Å². The molecule has 5 heteroatoms. The van der Waals surface area contributed by atoms with Crippen molar-refractivity contribution >= 4 is 5.91 Å². The zero-order chi connectivity index (χ0) is 14.7. The van der Waals surface area contributed by atoms with Gasteiger partial charge >= 0.3 is 0 Å². The van der Waals surface area contributed by atoms with Gasteiger partial charge in [0.05, 0.1) is 13.2 Å². The summed E-state index contributed by atoms with van der Waals surface area (Å²) in [7, 11) is 0. The summed E-state index contributed by atoms with van der Waals surface area (Å²) in [4.78, 5) is 17.2. The van der Waals surface area contributed by atoms with Gasteiger partial charge in [-0.3, -0.25) is 9.69 Å². The highest BCUT2D eigenvalue weighted by Gasteiger charge is 2.33. The molecule has 3 unspecified atom stereocenters. The quantitative estimate of drug-likeness (QED) is 0.832. The highest BCUT2D eigenvalue weighted by Crippen LogP contribution is 2.28. The summed E-state index contributed by atoms with van der Waals surface area (Å²) in [6.07, 6.45) is 5.31. The van der Waals surface area contributed by atoms with Crippen LogP contribution in [0.3, 0.4) is 0 Å². The van der Waals surface area contributed by atoms with E-state index >= 15 is 0 Å². The molecule has 0 radical (unpaired) electrons. The van der Waals surface area contributed by atoms with Gasteiger partial charge in [-0.15, -0.1) is 0 Å². The molecule has 3 atom stereocenters. The summed E-state index contributed by atoms with van der Waals surface area (Å²) in [5.41, 5.74) is 5.95. The molecule has 3 aliphatic rings. The van der Waals surface area contributed by atoms with Crippen LogP contribution >= 0.6 is 0 Å². The molecule has 2 N–H and O–H groups in total. The Morgan fingerprint density at radius 1 is 1.14 bits per heavy atom. The number of carbonyl (C=O) groups is 1. The molecule has 0 aromatic rings. The van der Waals surface area contributed by atoms with Gasteiger partial charge in [0.15, 0.2) is 0 Å². The van der Waals surface area contributed by atoms with Gasteiger partial charge in [0.2, 0.25) is 5.91 Å². The number of carbonyl (C=O) groups excluding carboxylic acids is 1. The summed E-state index contributed by atoms with van der Waals surface area (Å²) < 4.78 is 5.41. The first-order chi connectivity index (χ1) is 10.2. The first-order valence-electron chi connectivity index (χ1n) is 8.57. The molecule has 5 nitrogen and oxygen atoms in total. The molecule has 2 heterocycles. The Kier molecular flexibility index (Phi) is 5.14. The van der Waals surface area contributed by atoms with Gasteiger partial charge in [-0.25, -0.2) is 0 Å². The molecule has 0 bridgehead atoms. The Bertz CT molecular complexity index is 357. The molecule has 0 aromatic heterocycles. The SMILES string of the molecule is NC1CCC(C(=O)N2CCCC(CN3CCOCC3)C2)C1. The zero-order valence-electron chi connectivity index (χ0n) is 13.0. The number of ether oxygens (including phenoxy) is 1. The zero-order valence-corrected chi connectivity index (χ0v) is 13.0. The first kappa shape index (κ1) is 15.3. The van der Waals surface area contributed by atoms with Crippen LogP contribution in [-0.4, -0.2) is 67.7 Å². The third kappa shape index (κ3) is 3.96. The fourth-order valence-corrected chi connectivity index (χ4v) is 4.06. The third-order valence-electron chi connectivity index (χ3n) is 5.27. The maximum Gasteiger partial charge on any atom is 0.225 e. The second-order valence-corrected chi connectivity index (χ2v) is 6.98. The predicted octanol–water partition coefficient (Wildman–Crippen LogP) is 0.685. The van der Waals surface area contributed by atoms with E-state index in [4.69, 9.17) is 10.5 Å². The van der Waals surface area contributed by atoms with Crippen LogP contribution in [0.4, 0.5) is 0 Å². The molecule has 120 valence electrons. The van der Waals surface area contributed by atoms with Crippen molar-refractivity contribution in [2.75, 3.05) is 45.9 Å². The van der Waals surface area contributed by atoms with E-state index in [1.165, 1.54) is 6.42 Å². The number of hydrogen-bond acceptors (Lipinski definition) is 4. The standard InChI is InChI=1S/C16H29N3O2/c17-15-4-3-14(10-15)16(20)19-5-1-2-13(12-19)11-18-6-8-21-9-7-18/h13-15H,1-12,17H2. The molecule has 0 spiro atoms. The lowest BCUT2D eigenvalue weighted by Gasteiger charge is -2.37. The molecule has 1 saturated carbocycles. The van der Waals surface area contributed by atoms with Crippen molar-refractivity contribution in [3.63, 3.8) is 0 Å². The Balaban J connectivity index is 1.49. The van der Waals surface area contributed by atoms with E-state index in [0.717, 1.165) is 71.6 Å². The Labute approximate surface area is 127 Å². The fraction of sp³-hybridized carbons (Fsp3) is 0.938. The molecule has 3 fully saturated rings. The van der Waals surface area contributed by atoms with E-state index < -0.39 is 0 Å². The molecule has 21 heavy (non-hydrogen) atoms. The number of hydrogen-bond donors (Lipinski definition) is 1. The molecule has 2 saturated heterocycles. The number of amides is 1. The summed E-state index contributed by atoms with van der Waals surface area (Å²) >= 11 is 0. The van der Waals surface area contributed by atoms with Crippen molar-refractivity contribution in [3.8, 4) is 0 Å². The summed E-state index contributed by atoms with van der Waals surface area (Å²) in [5.74, 6) is 1.20. The van der Waals surface area contributed by atoms with Gasteiger partial charge in [0.25, 0.3) is 0 Å². The second-order valence-electron chi connectivity index (χ2n) is 6.98. The molecule has 1 amide bonds. The lowest BCUT2D eigenvalue weighted by molar-refractivity contribution is -0.137. The smallest absolute Gasteiger partial charge is 0.225 e. The van der Waals surface area contributed by atoms with E-state index in [0.29, 0.717) is 11.8 Å². The molecule has 3 rings (SSSR count). The van der Waals surface area contributed by atoms with Gasteiger partial charge < -0.3 is 15.4 Å². The number of rotatable bonds is 3. The predicted molar refractivity (Wildman–Crippen MR) is 81.9 cm³/mol. The largest absolute Gasteiger partial charge is 0.379 e. The highest BCUT2D eigenvalue weighted by atomic mass is 16.5. The number of piperidine rings is 1. The average Bonchev–Trinajstić information content (AvgIpc) is 2.94. The van der Waals surface area contributed by atoms with Crippen LogP contribution in [0.5, 0.6) is 0 Å². The van der Waals surface area contributed by atoms with Gasteiger partial charge in [-0.05, 0) is 38.0 Å². The van der Waals surface area contributed by atoms with Crippen LogP contribution in [-0.2, 0) is 9.53 Å². The van der Waals surface area contributed by atoms with E-state index in [2.05, 4.69) is 9.80 Å². The van der Waals surface area contributed by atoms with Crippen LogP contribution in [0.2, 0.25) is 0 Å². The van der Waals surface area contributed by atoms with E-state index in [-0.39, 0.29) is 12.0 Å². The average molecular weight is 295 g/mol. The summed E-state index contributed by atoms with van der Waals surface area (Å²) in [6.45, 7) is 6.82. The fourth-order valence-electron chi connectivity index (χ4n) is 4.06. The third-order valence-corrected chi connectivity index (χ3v) is 5.27. The van der Waals surface area contributed by atoms with Gasteiger partial charge in [-0.1, -0.05) is 0 Å². The topological polar surface area (TPSA) is 58.8 Å². The molecular formula is C16H29N3O2. The van der Waals surface area contributed by atoms with Crippen molar-refractivity contribution in [2.24, 2.45) is 17.6 Å². The van der Waals surface area contributed by atoms with Crippen molar-refractivity contribution in [2.45, 2.75) is 38.1 Å². The van der Waals surface area contributed by atoms with Crippen LogP contribution in [0.1, 0.15) is 32.1 Å². The first-order valence-corrected chi connectivity index (χ1v) is 8.57. The van der Waals surface area contributed by atoms with Crippen LogP contribution in [0.25, 0.3) is 0 Å². The Morgan fingerprint density at radius 2 is 1.95 bits per heavy atom. The van der Waals surface area contributed by atoms with Crippen molar-refractivity contribution in [1.82, 2.24) is 9.80 Å². The van der Waals surface area contributed by atoms with Crippen molar-refractivity contribution < 1.29 is 9.53 Å². The summed E-state index contributed by atoms with van der Waals surface area (Å²) in [5, 5.41) is 0. The van der Waals surface area contributed by atoms with Crippen LogP contribution in [0, 0.1) is 11.8 Å². The molecule has 1 aliphatic carbocycles. The number of morpholine rings is 1. The normalized spacial score (nSPS) is 35.1. The van der Waals surface area contributed by atoms with E-state index in [1.54, 1.807) is 0 Å². The number of nitrogens with two attached hydrogens (primary N) is 1. The maximum atomic E-state index is 12.6. The molecular weight excluding hydrogens is 266 g/mol. The molecule has 0 aromatic carbocycles. The van der Waals surface area contributed by atoms with Crippen LogP contribution in [0.15, 0.2) is 0 Å². The van der Waals surface area contributed by atoms with Gasteiger partial charge in [-0.2, -0.15) is 0 Å². The lowest BCUT2D eigenvalue weighted by atomic mass is 9.95. The Hall–Kier alpha value is -0.650. The highest BCUT2D eigenvalue weighted by molar-refractivity contribution is 5.79. The summed E-state index contributed by atoms with van der Waals surface area (Å²) in [6, 6.07) is 0.243. The van der Waals surface area contributed by atoms with Gasteiger partial charge in [0, 0.05) is 44.7 Å². The van der Waals surface area contributed by atoms with Crippen LogP contribution < -0.4 is 5.73 Å². The minimum absolute atomic E-state index is 0.196. The maximum absolute atomic E-state index is 12.6. The lowest BCUT2D eigenvalue weighted by Crippen LogP contribution is -2.47. The van der Waals surface area contributed by atoms with Gasteiger partial charge in [0.1, 0.15) is 0 Å².